The summed E-state index contributed by atoms with van der Waals surface area (Å²) >= 11 is 0. The van der Waals surface area contributed by atoms with Crippen molar-refractivity contribution in [3.63, 3.8) is 0 Å². The molecule has 1 aromatic rings. The lowest BCUT2D eigenvalue weighted by atomic mass is 9.99. The minimum absolute atomic E-state index is 0.0890. The molecule has 1 saturated carbocycles. The van der Waals surface area contributed by atoms with Crippen molar-refractivity contribution in [2.75, 3.05) is 26.3 Å². The molecule has 2 atom stereocenters. The predicted molar refractivity (Wildman–Crippen MR) is 112 cm³/mol. The zero-order valence-corrected chi connectivity index (χ0v) is 18.0. The Kier molecular flexibility index (Phi) is 7.04. The van der Waals surface area contributed by atoms with Crippen LogP contribution in [0, 0.1) is 11.8 Å². The molecule has 1 aromatic heterocycles. The molecule has 0 bridgehead atoms. The Hall–Kier alpha value is -1.93. The summed E-state index contributed by atoms with van der Waals surface area (Å²) < 4.78 is 7.11. The summed E-state index contributed by atoms with van der Waals surface area (Å²) in [5, 5.41) is 10.4. The van der Waals surface area contributed by atoms with Crippen molar-refractivity contribution in [2.24, 2.45) is 18.9 Å². The number of aromatic nitrogens is 2. The van der Waals surface area contributed by atoms with Gasteiger partial charge in [-0.1, -0.05) is 0 Å². The van der Waals surface area contributed by atoms with Crippen LogP contribution >= 0.6 is 0 Å². The van der Waals surface area contributed by atoms with Gasteiger partial charge in [-0.25, -0.2) is 0 Å². The van der Waals surface area contributed by atoms with Crippen molar-refractivity contribution in [1.29, 1.82) is 0 Å². The smallest absolute Gasteiger partial charge is 0.223 e. The highest BCUT2D eigenvalue weighted by Gasteiger charge is 2.38. The van der Waals surface area contributed by atoms with Gasteiger partial charge in [0.15, 0.2) is 0 Å². The SMILES string of the molecule is Cn1cc(CNC(=O)C[C@H]2CC[C@@H](CNC(=O)C3CCOCC3)N2CC2CC2)cn1. The highest BCUT2D eigenvalue weighted by atomic mass is 16.5. The number of ether oxygens (including phenoxy) is 1. The second-order valence-corrected chi connectivity index (χ2v) is 9.16. The molecule has 4 rings (SSSR count). The molecule has 0 unspecified atom stereocenters. The molecule has 30 heavy (non-hydrogen) atoms. The molecular formula is C22H35N5O3. The number of rotatable bonds is 9. The molecule has 2 aliphatic heterocycles. The molecule has 3 fully saturated rings. The van der Waals surface area contributed by atoms with Gasteiger partial charge in [-0.3, -0.25) is 19.2 Å². The normalized spacial score (nSPS) is 25.4. The number of hydrogen-bond acceptors (Lipinski definition) is 5. The van der Waals surface area contributed by atoms with Crippen molar-refractivity contribution in [2.45, 2.75) is 63.6 Å². The van der Waals surface area contributed by atoms with E-state index in [9.17, 15) is 9.59 Å². The Bertz CT molecular complexity index is 726. The van der Waals surface area contributed by atoms with Gasteiger partial charge in [0.05, 0.1) is 6.20 Å². The van der Waals surface area contributed by atoms with Gasteiger partial charge < -0.3 is 15.4 Å². The maximum Gasteiger partial charge on any atom is 0.223 e. The molecule has 0 aromatic carbocycles. The van der Waals surface area contributed by atoms with E-state index < -0.39 is 0 Å². The quantitative estimate of drug-likeness (QED) is 0.631. The van der Waals surface area contributed by atoms with Crippen LogP contribution in [0.3, 0.4) is 0 Å². The third kappa shape index (κ3) is 5.82. The molecule has 0 radical (unpaired) electrons. The van der Waals surface area contributed by atoms with E-state index in [1.165, 1.54) is 12.8 Å². The Morgan fingerprint density at radius 1 is 1.10 bits per heavy atom. The number of aryl methyl sites for hydroxylation is 1. The zero-order chi connectivity index (χ0) is 20.9. The standard InChI is InChI=1S/C22H35N5O3/c1-26-14-17(12-25-26)11-23-21(28)10-19-4-5-20(27(19)15-16-2-3-16)13-24-22(29)18-6-8-30-9-7-18/h12,14,16,18-20H,2-11,13,15H2,1H3,(H,23,28)(H,24,29)/t19-,20+/m1/s1. The first kappa shape index (κ1) is 21.3. The van der Waals surface area contributed by atoms with Crippen LogP contribution in [0.4, 0.5) is 0 Å². The van der Waals surface area contributed by atoms with Crippen molar-refractivity contribution >= 4 is 11.8 Å². The fourth-order valence-electron chi connectivity index (χ4n) is 4.72. The van der Waals surface area contributed by atoms with Gasteiger partial charge in [-0.05, 0) is 44.4 Å². The molecule has 2 N–H and O–H groups in total. The van der Waals surface area contributed by atoms with E-state index >= 15 is 0 Å². The van der Waals surface area contributed by atoms with Crippen molar-refractivity contribution in [3.05, 3.63) is 18.0 Å². The molecule has 2 saturated heterocycles. The van der Waals surface area contributed by atoms with Crippen LogP contribution < -0.4 is 10.6 Å². The van der Waals surface area contributed by atoms with Crippen molar-refractivity contribution < 1.29 is 14.3 Å². The number of carbonyl (C=O) groups is 2. The van der Waals surface area contributed by atoms with Crippen LogP contribution in [0.15, 0.2) is 12.4 Å². The number of nitrogens with one attached hydrogen (secondary N) is 2. The van der Waals surface area contributed by atoms with E-state index in [0.29, 0.717) is 38.8 Å². The molecule has 8 heteroatoms. The molecule has 2 amide bonds. The van der Waals surface area contributed by atoms with E-state index in [1.807, 2.05) is 13.2 Å². The first-order chi connectivity index (χ1) is 14.6. The molecular weight excluding hydrogens is 382 g/mol. The summed E-state index contributed by atoms with van der Waals surface area (Å²) in [6.45, 7) is 3.64. The summed E-state index contributed by atoms with van der Waals surface area (Å²) in [5.74, 6) is 1.11. The first-order valence-corrected chi connectivity index (χ1v) is 11.4. The lowest BCUT2D eigenvalue weighted by molar-refractivity contribution is -0.128. The first-order valence-electron chi connectivity index (χ1n) is 11.4. The number of amides is 2. The fraction of sp³-hybridized carbons (Fsp3) is 0.773. The third-order valence-corrected chi connectivity index (χ3v) is 6.71. The van der Waals surface area contributed by atoms with Gasteiger partial charge in [0, 0.05) is 76.1 Å². The van der Waals surface area contributed by atoms with E-state index in [-0.39, 0.29) is 23.8 Å². The second kappa shape index (κ2) is 9.92. The lowest BCUT2D eigenvalue weighted by Crippen LogP contribution is -2.46. The van der Waals surface area contributed by atoms with Gasteiger partial charge in [0.1, 0.15) is 0 Å². The van der Waals surface area contributed by atoms with Crippen LogP contribution in [0.25, 0.3) is 0 Å². The third-order valence-electron chi connectivity index (χ3n) is 6.71. The Labute approximate surface area is 178 Å². The minimum atomic E-state index is 0.0890. The molecule has 0 spiro atoms. The highest BCUT2D eigenvalue weighted by Crippen LogP contribution is 2.35. The summed E-state index contributed by atoms with van der Waals surface area (Å²) in [4.78, 5) is 27.6. The zero-order valence-electron chi connectivity index (χ0n) is 18.0. The van der Waals surface area contributed by atoms with Crippen LogP contribution in [0.2, 0.25) is 0 Å². The van der Waals surface area contributed by atoms with Crippen LogP contribution in [-0.2, 0) is 27.9 Å². The van der Waals surface area contributed by atoms with Crippen LogP contribution in [0.1, 0.15) is 50.5 Å². The van der Waals surface area contributed by atoms with Gasteiger partial charge in [0.2, 0.25) is 11.8 Å². The van der Waals surface area contributed by atoms with E-state index in [1.54, 1.807) is 10.9 Å². The summed E-state index contributed by atoms with van der Waals surface area (Å²) in [6, 6.07) is 0.606. The predicted octanol–water partition coefficient (Wildman–Crippen LogP) is 1.21. The van der Waals surface area contributed by atoms with Gasteiger partial charge in [-0.15, -0.1) is 0 Å². The maximum absolute atomic E-state index is 12.6. The monoisotopic (exact) mass is 417 g/mol. The fourth-order valence-corrected chi connectivity index (χ4v) is 4.72. The topological polar surface area (TPSA) is 88.5 Å². The second-order valence-electron chi connectivity index (χ2n) is 9.16. The van der Waals surface area contributed by atoms with Gasteiger partial charge in [-0.2, -0.15) is 5.10 Å². The summed E-state index contributed by atoms with van der Waals surface area (Å²) in [5.41, 5.74) is 1.01. The van der Waals surface area contributed by atoms with Crippen LogP contribution in [0.5, 0.6) is 0 Å². The van der Waals surface area contributed by atoms with Crippen molar-refractivity contribution in [3.8, 4) is 0 Å². The van der Waals surface area contributed by atoms with E-state index in [2.05, 4.69) is 20.6 Å². The molecule has 166 valence electrons. The molecule has 3 heterocycles. The Morgan fingerprint density at radius 2 is 1.87 bits per heavy atom. The number of nitrogens with zero attached hydrogens (tertiary/aromatic N) is 3. The number of hydrogen-bond donors (Lipinski definition) is 2. The van der Waals surface area contributed by atoms with E-state index in [0.717, 1.165) is 43.7 Å². The van der Waals surface area contributed by atoms with Gasteiger partial charge in [0.25, 0.3) is 0 Å². The van der Waals surface area contributed by atoms with Gasteiger partial charge >= 0.3 is 0 Å². The van der Waals surface area contributed by atoms with Crippen LogP contribution in [-0.4, -0.2) is 64.9 Å². The Morgan fingerprint density at radius 3 is 2.57 bits per heavy atom. The lowest BCUT2D eigenvalue weighted by Gasteiger charge is -2.31. The maximum atomic E-state index is 12.6. The highest BCUT2D eigenvalue weighted by molar-refractivity contribution is 5.78. The summed E-state index contributed by atoms with van der Waals surface area (Å²) in [7, 11) is 1.88. The molecule has 3 aliphatic rings. The summed E-state index contributed by atoms with van der Waals surface area (Å²) in [6.07, 6.45) is 10.5. The molecule has 8 nitrogen and oxygen atoms in total. The average molecular weight is 418 g/mol. The molecule has 1 aliphatic carbocycles. The average Bonchev–Trinajstić information content (AvgIpc) is 3.37. The number of carbonyl (C=O) groups excluding carboxylic acids is 2. The largest absolute Gasteiger partial charge is 0.381 e. The minimum Gasteiger partial charge on any atom is -0.381 e. The Balaban J connectivity index is 1.26. The van der Waals surface area contributed by atoms with E-state index in [4.69, 9.17) is 4.74 Å². The van der Waals surface area contributed by atoms with Crippen molar-refractivity contribution in [1.82, 2.24) is 25.3 Å². The number of likely N-dealkylation sites (tertiary alicyclic amines) is 1.